The van der Waals surface area contributed by atoms with Crippen molar-refractivity contribution < 1.29 is 9.18 Å². The van der Waals surface area contributed by atoms with E-state index in [1.165, 1.54) is 13.0 Å². The predicted molar refractivity (Wildman–Crippen MR) is 84.2 cm³/mol. The summed E-state index contributed by atoms with van der Waals surface area (Å²) in [5, 5.41) is 6.40. The number of carbonyl (C=O) groups excluding carboxylic acids is 1. The smallest absolute Gasteiger partial charge is 0.221 e. The lowest BCUT2D eigenvalue weighted by molar-refractivity contribution is -0.114. The summed E-state index contributed by atoms with van der Waals surface area (Å²) in [5.74, 6) is -0.772. The minimum atomic E-state index is -0.463. The van der Waals surface area contributed by atoms with Gasteiger partial charge in [-0.15, -0.1) is 0 Å². The molecule has 1 atom stereocenters. The fourth-order valence-electron chi connectivity index (χ4n) is 1.99. The Kier molecular flexibility index (Phi) is 4.81. The zero-order chi connectivity index (χ0) is 15.4. The maximum atomic E-state index is 13.6. The van der Waals surface area contributed by atoms with Crippen LogP contribution in [-0.2, 0) is 4.79 Å². The van der Waals surface area contributed by atoms with Crippen LogP contribution in [0.3, 0.4) is 0 Å². The van der Waals surface area contributed by atoms with Gasteiger partial charge in [-0.3, -0.25) is 4.79 Å². The molecule has 0 spiro atoms. The van der Waals surface area contributed by atoms with Crippen molar-refractivity contribution in [1.82, 2.24) is 0 Å². The highest BCUT2D eigenvalue weighted by molar-refractivity contribution is 6.30. The molecule has 0 saturated heterocycles. The van der Waals surface area contributed by atoms with Crippen LogP contribution in [0.25, 0.3) is 0 Å². The Labute approximate surface area is 128 Å². The highest BCUT2D eigenvalue weighted by Crippen LogP contribution is 2.24. The van der Waals surface area contributed by atoms with Crippen LogP contribution in [0.1, 0.15) is 25.5 Å². The van der Waals surface area contributed by atoms with E-state index < -0.39 is 5.82 Å². The Morgan fingerprint density at radius 1 is 1.19 bits per heavy atom. The maximum Gasteiger partial charge on any atom is 0.221 e. The van der Waals surface area contributed by atoms with E-state index in [0.29, 0.717) is 5.02 Å². The fourth-order valence-corrected chi connectivity index (χ4v) is 2.11. The van der Waals surface area contributed by atoms with Crippen LogP contribution in [0.15, 0.2) is 42.5 Å². The van der Waals surface area contributed by atoms with Crippen LogP contribution in [0.2, 0.25) is 5.02 Å². The number of hydrogen-bond acceptors (Lipinski definition) is 2. The Morgan fingerprint density at radius 3 is 2.48 bits per heavy atom. The van der Waals surface area contributed by atoms with E-state index in [4.69, 9.17) is 11.6 Å². The van der Waals surface area contributed by atoms with Crippen molar-refractivity contribution in [3.05, 3.63) is 58.9 Å². The molecule has 0 heterocycles. The van der Waals surface area contributed by atoms with Crippen LogP contribution in [0, 0.1) is 5.82 Å². The molecule has 1 amide bonds. The van der Waals surface area contributed by atoms with Crippen LogP contribution in [0.4, 0.5) is 15.8 Å². The molecule has 0 aliphatic carbocycles. The van der Waals surface area contributed by atoms with Crippen molar-refractivity contribution in [3.63, 3.8) is 0 Å². The molecule has 2 aromatic rings. The Hall–Kier alpha value is -2.07. The van der Waals surface area contributed by atoms with E-state index in [9.17, 15) is 9.18 Å². The molecule has 0 radical (unpaired) electrons. The van der Waals surface area contributed by atoms with Gasteiger partial charge in [0, 0.05) is 23.7 Å². The van der Waals surface area contributed by atoms with E-state index in [-0.39, 0.29) is 17.6 Å². The maximum absolute atomic E-state index is 13.6. The van der Waals surface area contributed by atoms with Gasteiger partial charge >= 0.3 is 0 Å². The molecule has 21 heavy (non-hydrogen) atoms. The second kappa shape index (κ2) is 6.59. The fraction of sp³-hybridized carbons (Fsp3) is 0.188. The average Bonchev–Trinajstić information content (AvgIpc) is 2.42. The molecule has 0 aliphatic rings. The first-order valence-corrected chi connectivity index (χ1v) is 6.92. The monoisotopic (exact) mass is 306 g/mol. The van der Waals surface area contributed by atoms with E-state index in [2.05, 4.69) is 10.6 Å². The van der Waals surface area contributed by atoms with Crippen molar-refractivity contribution >= 4 is 28.9 Å². The quantitative estimate of drug-likeness (QED) is 0.866. The van der Waals surface area contributed by atoms with E-state index in [1.54, 1.807) is 12.1 Å². The third-order valence-electron chi connectivity index (χ3n) is 3.03. The molecule has 5 heteroatoms. The minimum Gasteiger partial charge on any atom is -0.378 e. The molecule has 0 aromatic heterocycles. The standard InChI is InChI=1S/C16H16ClFN2O/c1-10(12-3-5-13(17)6-4-12)19-14-7-8-15(18)16(9-14)20-11(2)21/h3-10,19H,1-2H3,(H,20,21). The van der Waals surface area contributed by atoms with Gasteiger partial charge in [-0.05, 0) is 42.8 Å². The van der Waals surface area contributed by atoms with Gasteiger partial charge < -0.3 is 10.6 Å². The van der Waals surface area contributed by atoms with Crippen LogP contribution >= 0.6 is 11.6 Å². The molecule has 1 unspecified atom stereocenters. The number of rotatable bonds is 4. The first kappa shape index (κ1) is 15.3. The van der Waals surface area contributed by atoms with Crippen molar-refractivity contribution in [1.29, 1.82) is 0 Å². The molecule has 0 bridgehead atoms. The third-order valence-corrected chi connectivity index (χ3v) is 3.28. The summed E-state index contributed by atoms with van der Waals surface area (Å²) in [6.07, 6.45) is 0. The first-order chi connectivity index (χ1) is 9.95. The molecule has 0 saturated carbocycles. The molecular weight excluding hydrogens is 291 g/mol. The van der Waals surface area contributed by atoms with Gasteiger partial charge in [-0.1, -0.05) is 23.7 Å². The molecule has 2 rings (SSSR count). The minimum absolute atomic E-state index is 0.0258. The summed E-state index contributed by atoms with van der Waals surface area (Å²) in [4.78, 5) is 11.0. The van der Waals surface area contributed by atoms with Crippen molar-refractivity contribution in [2.45, 2.75) is 19.9 Å². The zero-order valence-corrected chi connectivity index (χ0v) is 12.5. The molecule has 110 valence electrons. The number of amides is 1. The number of hydrogen-bond donors (Lipinski definition) is 2. The van der Waals surface area contributed by atoms with Crippen molar-refractivity contribution in [2.24, 2.45) is 0 Å². The normalized spacial score (nSPS) is 11.8. The molecule has 0 fully saturated rings. The number of anilines is 2. The van der Waals surface area contributed by atoms with Crippen LogP contribution in [0.5, 0.6) is 0 Å². The Bertz CT molecular complexity index is 643. The zero-order valence-electron chi connectivity index (χ0n) is 11.8. The molecule has 2 N–H and O–H groups in total. The summed E-state index contributed by atoms with van der Waals surface area (Å²) in [6.45, 7) is 3.33. The van der Waals surface area contributed by atoms with Crippen LogP contribution < -0.4 is 10.6 Å². The van der Waals surface area contributed by atoms with Gasteiger partial charge in [0.1, 0.15) is 5.82 Å². The summed E-state index contributed by atoms with van der Waals surface area (Å²) < 4.78 is 13.6. The topological polar surface area (TPSA) is 41.1 Å². The van der Waals surface area contributed by atoms with Gasteiger partial charge in [-0.2, -0.15) is 0 Å². The number of carbonyl (C=O) groups is 1. The van der Waals surface area contributed by atoms with Gasteiger partial charge in [0.2, 0.25) is 5.91 Å². The van der Waals surface area contributed by atoms with Crippen molar-refractivity contribution in [2.75, 3.05) is 10.6 Å². The SMILES string of the molecule is CC(=O)Nc1cc(NC(C)c2ccc(Cl)cc2)ccc1F. The largest absolute Gasteiger partial charge is 0.378 e. The summed E-state index contributed by atoms with van der Waals surface area (Å²) in [5.41, 5.74) is 1.95. The van der Waals surface area contributed by atoms with E-state index in [0.717, 1.165) is 11.3 Å². The Balaban J connectivity index is 2.15. The second-order valence-corrected chi connectivity index (χ2v) is 5.23. The summed E-state index contributed by atoms with van der Waals surface area (Å²) >= 11 is 5.86. The predicted octanol–water partition coefficient (Wildman–Crippen LogP) is 4.61. The molecule has 2 aromatic carbocycles. The average molecular weight is 307 g/mol. The lowest BCUT2D eigenvalue weighted by Gasteiger charge is -2.17. The Morgan fingerprint density at radius 2 is 1.86 bits per heavy atom. The number of halogens is 2. The highest BCUT2D eigenvalue weighted by atomic mass is 35.5. The lowest BCUT2D eigenvalue weighted by atomic mass is 10.1. The number of nitrogens with one attached hydrogen (secondary N) is 2. The second-order valence-electron chi connectivity index (χ2n) is 4.79. The number of benzene rings is 2. The van der Waals surface area contributed by atoms with Gasteiger partial charge in [-0.25, -0.2) is 4.39 Å². The molecule has 3 nitrogen and oxygen atoms in total. The third kappa shape index (κ3) is 4.20. The highest BCUT2D eigenvalue weighted by Gasteiger charge is 2.08. The first-order valence-electron chi connectivity index (χ1n) is 6.55. The lowest BCUT2D eigenvalue weighted by Crippen LogP contribution is -2.10. The van der Waals surface area contributed by atoms with Gasteiger partial charge in [0.15, 0.2) is 0 Å². The van der Waals surface area contributed by atoms with Gasteiger partial charge in [0.05, 0.1) is 5.69 Å². The van der Waals surface area contributed by atoms with E-state index >= 15 is 0 Å². The summed E-state index contributed by atoms with van der Waals surface area (Å²) in [7, 11) is 0. The molecular formula is C16H16ClFN2O. The van der Waals surface area contributed by atoms with Gasteiger partial charge in [0.25, 0.3) is 0 Å². The van der Waals surface area contributed by atoms with Crippen LogP contribution in [-0.4, -0.2) is 5.91 Å². The van der Waals surface area contributed by atoms with E-state index in [1.807, 2.05) is 31.2 Å². The van der Waals surface area contributed by atoms with Crippen molar-refractivity contribution in [3.8, 4) is 0 Å². The summed E-state index contributed by atoms with van der Waals surface area (Å²) in [6, 6.07) is 12.1. The molecule has 0 aliphatic heterocycles.